The summed E-state index contributed by atoms with van der Waals surface area (Å²) in [5.41, 5.74) is 0.463. The second-order valence-electron chi connectivity index (χ2n) is 4.36. The number of aromatic nitrogens is 2. The normalized spacial score (nSPS) is 18.9. The lowest BCUT2D eigenvalue weighted by atomic mass is 9.89. The standard InChI is InChI=1S/C11H14BrN3O2/c1-15-9(10(12)8(7-13)14-15)6-11(16)2-4-17-5-3-11/h16H,2-6H2,1H3. The number of hydrogen-bond acceptors (Lipinski definition) is 4. The predicted octanol–water partition coefficient (Wildman–Crippen LogP) is 1.14. The summed E-state index contributed by atoms with van der Waals surface area (Å²) < 4.78 is 7.57. The van der Waals surface area contributed by atoms with Gasteiger partial charge in [0.1, 0.15) is 6.07 Å². The Hall–Kier alpha value is -0.900. The molecule has 0 atom stereocenters. The van der Waals surface area contributed by atoms with E-state index in [4.69, 9.17) is 10.00 Å². The van der Waals surface area contributed by atoms with Crippen LogP contribution in [0.3, 0.4) is 0 Å². The molecule has 92 valence electrons. The Labute approximate surface area is 108 Å². The summed E-state index contributed by atoms with van der Waals surface area (Å²) in [6.07, 6.45) is 1.72. The Kier molecular flexibility index (Phi) is 3.52. The Morgan fingerprint density at radius 3 is 2.76 bits per heavy atom. The third-order valence-electron chi connectivity index (χ3n) is 3.13. The van der Waals surface area contributed by atoms with E-state index in [1.807, 2.05) is 6.07 Å². The highest BCUT2D eigenvalue weighted by molar-refractivity contribution is 9.10. The number of halogens is 1. The predicted molar refractivity (Wildman–Crippen MR) is 64.3 cm³/mol. The number of aliphatic hydroxyl groups is 1. The van der Waals surface area contributed by atoms with Crippen molar-refractivity contribution in [3.8, 4) is 6.07 Å². The first-order valence-electron chi connectivity index (χ1n) is 5.47. The molecule has 1 fully saturated rings. The van der Waals surface area contributed by atoms with E-state index >= 15 is 0 Å². The molecule has 1 saturated heterocycles. The molecule has 0 aliphatic carbocycles. The first-order chi connectivity index (χ1) is 8.06. The van der Waals surface area contributed by atoms with Crippen LogP contribution >= 0.6 is 15.9 Å². The summed E-state index contributed by atoms with van der Waals surface area (Å²) in [6, 6.07) is 2.02. The average Bonchev–Trinajstić information content (AvgIpc) is 2.57. The van der Waals surface area contributed by atoms with Gasteiger partial charge in [-0.2, -0.15) is 10.4 Å². The van der Waals surface area contributed by atoms with Gasteiger partial charge < -0.3 is 9.84 Å². The SMILES string of the molecule is Cn1nc(C#N)c(Br)c1CC1(O)CCOCC1. The van der Waals surface area contributed by atoms with Crippen molar-refractivity contribution in [3.05, 3.63) is 15.9 Å². The van der Waals surface area contributed by atoms with Crippen LogP contribution in [0, 0.1) is 11.3 Å². The summed E-state index contributed by atoms with van der Waals surface area (Å²) >= 11 is 3.37. The topological polar surface area (TPSA) is 71.1 Å². The molecule has 0 aromatic carbocycles. The molecular weight excluding hydrogens is 286 g/mol. The molecule has 5 nitrogen and oxygen atoms in total. The van der Waals surface area contributed by atoms with Gasteiger partial charge in [0.25, 0.3) is 0 Å². The first-order valence-corrected chi connectivity index (χ1v) is 6.27. The molecule has 1 aromatic rings. The highest BCUT2D eigenvalue weighted by Crippen LogP contribution is 2.29. The van der Waals surface area contributed by atoms with Crippen LogP contribution in [0.15, 0.2) is 4.47 Å². The number of nitrogens with zero attached hydrogens (tertiary/aromatic N) is 3. The zero-order chi connectivity index (χ0) is 12.5. The Balaban J connectivity index is 2.24. The molecule has 1 aliphatic rings. The highest BCUT2D eigenvalue weighted by atomic mass is 79.9. The second kappa shape index (κ2) is 4.77. The molecule has 17 heavy (non-hydrogen) atoms. The van der Waals surface area contributed by atoms with E-state index in [1.165, 1.54) is 0 Å². The molecule has 1 aliphatic heterocycles. The van der Waals surface area contributed by atoms with Crippen molar-refractivity contribution >= 4 is 15.9 Å². The van der Waals surface area contributed by atoms with Gasteiger partial charge in [-0.1, -0.05) is 0 Å². The average molecular weight is 300 g/mol. The molecule has 0 unspecified atom stereocenters. The second-order valence-corrected chi connectivity index (χ2v) is 5.15. The van der Waals surface area contributed by atoms with E-state index in [0.29, 0.717) is 42.6 Å². The van der Waals surface area contributed by atoms with Gasteiger partial charge in [-0.25, -0.2) is 0 Å². The first kappa shape index (κ1) is 12.6. The molecular formula is C11H14BrN3O2. The minimum Gasteiger partial charge on any atom is -0.389 e. The number of rotatable bonds is 2. The highest BCUT2D eigenvalue weighted by Gasteiger charge is 2.32. The summed E-state index contributed by atoms with van der Waals surface area (Å²) in [5.74, 6) is 0. The van der Waals surface area contributed by atoms with E-state index in [1.54, 1.807) is 11.7 Å². The molecule has 0 bridgehead atoms. The Morgan fingerprint density at radius 1 is 1.59 bits per heavy atom. The van der Waals surface area contributed by atoms with Crippen molar-refractivity contribution in [1.29, 1.82) is 5.26 Å². The lowest BCUT2D eigenvalue weighted by Crippen LogP contribution is -2.38. The van der Waals surface area contributed by atoms with Gasteiger partial charge in [-0.15, -0.1) is 0 Å². The maximum Gasteiger partial charge on any atom is 0.176 e. The molecule has 1 aromatic heterocycles. The monoisotopic (exact) mass is 299 g/mol. The van der Waals surface area contributed by atoms with Crippen molar-refractivity contribution in [1.82, 2.24) is 9.78 Å². The quantitative estimate of drug-likeness (QED) is 0.889. The lowest BCUT2D eigenvalue weighted by molar-refractivity contribution is -0.0635. The van der Waals surface area contributed by atoms with Crippen LogP contribution in [0.25, 0.3) is 0 Å². The van der Waals surface area contributed by atoms with Crippen LogP contribution in [-0.2, 0) is 18.2 Å². The summed E-state index contributed by atoms with van der Waals surface area (Å²) in [6.45, 7) is 1.16. The van der Waals surface area contributed by atoms with Crippen LogP contribution in [0.2, 0.25) is 0 Å². The smallest absolute Gasteiger partial charge is 0.176 e. The lowest BCUT2D eigenvalue weighted by Gasteiger charge is -2.32. The number of ether oxygens (including phenoxy) is 1. The third-order valence-corrected chi connectivity index (χ3v) is 3.96. The van der Waals surface area contributed by atoms with E-state index in [0.717, 1.165) is 5.69 Å². The van der Waals surface area contributed by atoms with E-state index < -0.39 is 5.60 Å². The van der Waals surface area contributed by atoms with E-state index in [-0.39, 0.29) is 0 Å². The van der Waals surface area contributed by atoms with Crippen LogP contribution < -0.4 is 0 Å². The van der Waals surface area contributed by atoms with E-state index in [2.05, 4.69) is 21.0 Å². The fourth-order valence-corrected chi connectivity index (χ4v) is 2.60. The van der Waals surface area contributed by atoms with Crippen molar-refractivity contribution < 1.29 is 9.84 Å². The van der Waals surface area contributed by atoms with Crippen LogP contribution in [0.1, 0.15) is 24.2 Å². The van der Waals surface area contributed by atoms with E-state index in [9.17, 15) is 5.11 Å². The number of nitriles is 1. The maximum absolute atomic E-state index is 10.4. The van der Waals surface area contributed by atoms with Crippen molar-refractivity contribution in [2.24, 2.45) is 7.05 Å². The van der Waals surface area contributed by atoms with Crippen molar-refractivity contribution in [2.45, 2.75) is 24.9 Å². The zero-order valence-electron chi connectivity index (χ0n) is 9.61. The fraction of sp³-hybridized carbons (Fsp3) is 0.636. The summed E-state index contributed by atoms with van der Waals surface area (Å²) in [4.78, 5) is 0. The Bertz CT molecular complexity index is 458. The van der Waals surface area contributed by atoms with Crippen LogP contribution in [-0.4, -0.2) is 33.7 Å². The zero-order valence-corrected chi connectivity index (χ0v) is 11.2. The van der Waals surface area contributed by atoms with Crippen LogP contribution in [0.5, 0.6) is 0 Å². The largest absolute Gasteiger partial charge is 0.389 e. The Morgan fingerprint density at radius 2 is 2.24 bits per heavy atom. The molecule has 2 rings (SSSR count). The number of aryl methyl sites for hydroxylation is 1. The van der Waals surface area contributed by atoms with Gasteiger partial charge in [0.15, 0.2) is 5.69 Å². The van der Waals surface area contributed by atoms with Crippen molar-refractivity contribution in [2.75, 3.05) is 13.2 Å². The van der Waals surface area contributed by atoms with Crippen molar-refractivity contribution in [3.63, 3.8) is 0 Å². The minimum atomic E-state index is -0.749. The fourth-order valence-electron chi connectivity index (χ4n) is 2.04. The third kappa shape index (κ3) is 2.51. The van der Waals surface area contributed by atoms with Gasteiger partial charge in [0.2, 0.25) is 0 Å². The minimum absolute atomic E-state index is 0.359. The summed E-state index contributed by atoms with van der Waals surface area (Å²) in [7, 11) is 1.78. The summed E-state index contributed by atoms with van der Waals surface area (Å²) in [5, 5.41) is 23.4. The van der Waals surface area contributed by atoms with Gasteiger partial charge in [-0.05, 0) is 28.8 Å². The van der Waals surface area contributed by atoms with Crippen LogP contribution in [0.4, 0.5) is 0 Å². The molecule has 1 N–H and O–H groups in total. The van der Waals surface area contributed by atoms with Gasteiger partial charge in [0, 0.05) is 26.7 Å². The number of hydrogen-bond donors (Lipinski definition) is 1. The molecule has 2 heterocycles. The van der Waals surface area contributed by atoms with Gasteiger partial charge in [0.05, 0.1) is 15.8 Å². The molecule has 0 radical (unpaired) electrons. The van der Waals surface area contributed by atoms with Gasteiger partial charge >= 0.3 is 0 Å². The maximum atomic E-state index is 10.4. The molecule has 6 heteroatoms. The molecule has 0 saturated carbocycles. The molecule has 0 amide bonds. The molecule has 0 spiro atoms. The van der Waals surface area contributed by atoms with Gasteiger partial charge in [-0.3, -0.25) is 4.68 Å².